The molecule has 0 radical (unpaired) electrons. The van der Waals surface area contributed by atoms with Crippen molar-refractivity contribution < 1.29 is 4.79 Å². The molecule has 2 saturated heterocycles. The number of rotatable bonds is 8. The molecular weight excluding hydrogens is 520 g/mol. The van der Waals surface area contributed by atoms with E-state index in [1.807, 2.05) is 23.2 Å². The van der Waals surface area contributed by atoms with Gasteiger partial charge in [-0.1, -0.05) is 29.7 Å². The van der Waals surface area contributed by atoms with Crippen molar-refractivity contribution in [1.29, 1.82) is 5.26 Å². The van der Waals surface area contributed by atoms with Crippen LogP contribution in [-0.4, -0.2) is 92.0 Å². The third-order valence-corrected chi connectivity index (χ3v) is 8.60. The molecule has 0 aromatic carbocycles. The van der Waals surface area contributed by atoms with Crippen LogP contribution in [0.1, 0.15) is 17.7 Å². The summed E-state index contributed by atoms with van der Waals surface area (Å²) in [5.41, 5.74) is 0.542. The fraction of sp³-hybridized carbons (Fsp3) is 0.440. The summed E-state index contributed by atoms with van der Waals surface area (Å²) in [6.07, 6.45) is 6.80. The second-order valence-electron chi connectivity index (χ2n) is 9.37. The van der Waals surface area contributed by atoms with Gasteiger partial charge in [0.15, 0.2) is 10.3 Å². The fourth-order valence-electron chi connectivity index (χ4n) is 4.43. The zero-order chi connectivity index (χ0) is 26.5. The predicted molar refractivity (Wildman–Crippen MR) is 149 cm³/mol. The second-order valence-corrected chi connectivity index (χ2v) is 11.7. The normalized spacial score (nSPS) is 16.8. The summed E-state index contributed by atoms with van der Waals surface area (Å²) in [6, 6.07) is 5.91. The molecule has 5 rings (SSSR count). The molecule has 1 amide bonds. The number of anilines is 3. The van der Waals surface area contributed by atoms with Crippen molar-refractivity contribution in [3.05, 3.63) is 47.8 Å². The minimum absolute atomic E-state index is 0.0102. The zero-order valence-electron chi connectivity index (χ0n) is 21.3. The molecule has 1 N–H and O–H groups in total. The van der Waals surface area contributed by atoms with Gasteiger partial charge in [-0.2, -0.15) is 10.4 Å². The van der Waals surface area contributed by atoms with E-state index in [1.54, 1.807) is 28.8 Å². The van der Waals surface area contributed by atoms with Crippen molar-refractivity contribution in [2.24, 2.45) is 0 Å². The number of carbonyl (C=O) groups excluding carboxylic acids is 1. The van der Waals surface area contributed by atoms with Crippen molar-refractivity contribution in [2.45, 2.75) is 29.8 Å². The lowest BCUT2D eigenvalue weighted by Gasteiger charge is -2.34. The Morgan fingerprint density at radius 2 is 2.03 bits per heavy atom. The highest BCUT2D eigenvalue weighted by molar-refractivity contribution is 7.99. The number of nitrogens with zero attached hydrogens (tertiary/aromatic N) is 9. The minimum atomic E-state index is -0.0102. The molecule has 2 fully saturated rings. The first-order valence-corrected chi connectivity index (χ1v) is 14.2. The highest BCUT2D eigenvalue weighted by Crippen LogP contribution is 2.32. The monoisotopic (exact) mass is 550 g/mol. The van der Waals surface area contributed by atoms with E-state index in [0.717, 1.165) is 44.8 Å². The first-order valence-electron chi connectivity index (χ1n) is 12.5. The van der Waals surface area contributed by atoms with Gasteiger partial charge < -0.3 is 20.0 Å². The Labute approximate surface area is 230 Å². The summed E-state index contributed by atoms with van der Waals surface area (Å²) in [4.78, 5) is 33.9. The van der Waals surface area contributed by atoms with Crippen molar-refractivity contribution >= 4 is 45.8 Å². The first kappa shape index (κ1) is 26.1. The first-order chi connectivity index (χ1) is 18.5. The molecule has 3 aromatic heterocycles. The van der Waals surface area contributed by atoms with E-state index in [-0.39, 0.29) is 5.91 Å². The number of hydrogen-bond donors (Lipinski definition) is 1. The van der Waals surface area contributed by atoms with Crippen LogP contribution in [0.2, 0.25) is 0 Å². The van der Waals surface area contributed by atoms with Crippen LogP contribution in [0, 0.1) is 11.3 Å². The van der Waals surface area contributed by atoms with Crippen molar-refractivity contribution in [3.63, 3.8) is 0 Å². The number of likely N-dealkylation sites (tertiary alicyclic amines) is 1. The van der Waals surface area contributed by atoms with Crippen LogP contribution < -0.4 is 10.2 Å². The molecule has 13 heteroatoms. The highest BCUT2D eigenvalue weighted by atomic mass is 32.2. The number of likely N-dealkylation sites (N-methyl/N-ethyl adjacent to an activating group) is 1. The number of carbonyl (C=O) groups is 1. The van der Waals surface area contributed by atoms with Crippen LogP contribution >= 0.6 is 23.1 Å². The summed E-state index contributed by atoms with van der Waals surface area (Å²) < 4.78 is 1.71. The lowest BCUT2D eigenvalue weighted by atomic mass is 10.1. The van der Waals surface area contributed by atoms with Crippen LogP contribution in [0.5, 0.6) is 0 Å². The number of nitriles is 1. The van der Waals surface area contributed by atoms with Crippen LogP contribution in [-0.2, 0) is 11.3 Å². The van der Waals surface area contributed by atoms with E-state index in [2.05, 4.69) is 44.9 Å². The molecule has 0 aliphatic carbocycles. The Bertz CT molecular complexity index is 1300. The van der Waals surface area contributed by atoms with Gasteiger partial charge in [-0.05, 0) is 26.0 Å². The number of amides is 1. The molecular formula is C25H30N10OS2. The number of thiazole rings is 1. The Hall–Kier alpha value is -3.47. The number of thioether (sulfide) groups is 1. The van der Waals surface area contributed by atoms with Gasteiger partial charge in [0, 0.05) is 68.6 Å². The summed E-state index contributed by atoms with van der Waals surface area (Å²) in [6.45, 7) is 9.49. The number of piperazine rings is 1. The maximum atomic E-state index is 12.9. The molecule has 0 atom stereocenters. The fourth-order valence-corrected chi connectivity index (χ4v) is 6.09. The quantitative estimate of drug-likeness (QED) is 0.331. The number of nitrogens with one attached hydrogen (secondary N) is 1. The van der Waals surface area contributed by atoms with Crippen molar-refractivity contribution in [1.82, 2.24) is 34.5 Å². The van der Waals surface area contributed by atoms with E-state index in [4.69, 9.17) is 15.2 Å². The summed E-state index contributed by atoms with van der Waals surface area (Å²) in [5, 5.41) is 18.2. The zero-order valence-corrected chi connectivity index (χ0v) is 22.9. The van der Waals surface area contributed by atoms with E-state index >= 15 is 0 Å². The summed E-state index contributed by atoms with van der Waals surface area (Å²) in [5.74, 6) is 1.54. The Morgan fingerprint density at radius 3 is 2.71 bits per heavy atom. The largest absolute Gasteiger partial charge is 0.354 e. The van der Waals surface area contributed by atoms with Gasteiger partial charge in [0.2, 0.25) is 0 Å². The van der Waals surface area contributed by atoms with Gasteiger partial charge in [-0.15, -0.1) is 0 Å². The summed E-state index contributed by atoms with van der Waals surface area (Å²) >= 11 is 2.96. The topological polar surface area (TPSA) is 119 Å². The smallest absolute Gasteiger partial charge is 0.251 e. The highest BCUT2D eigenvalue weighted by Gasteiger charge is 2.26. The van der Waals surface area contributed by atoms with Crippen LogP contribution in [0.3, 0.4) is 0 Å². The van der Waals surface area contributed by atoms with Gasteiger partial charge in [0.1, 0.15) is 22.6 Å². The minimum Gasteiger partial charge on any atom is -0.354 e. The molecule has 11 nitrogen and oxygen atoms in total. The standard InChI is InChI=1S/C25H30N10OS2/c1-18(17-35-7-3-6-28-35)23(36)34-8-4-19(5-9-34)37-25-30-21(29-24-27-16-20(15-26)38-24)14-22(31-25)33-12-10-32(2)11-13-33/h3,6-7,14,16,19H,1,4-5,8-13,17H2,2H3,(H,27,29,30,31). The van der Waals surface area contributed by atoms with E-state index in [1.165, 1.54) is 11.3 Å². The van der Waals surface area contributed by atoms with Gasteiger partial charge in [0.25, 0.3) is 5.91 Å². The van der Waals surface area contributed by atoms with Crippen molar-refractivity contribution in [3.8, 4) is 6.07 Å². The molecule has 198 valence electrons. The Kier molecular flexibility index (Phi) is 8.21. The lowest BCUT2D eigenvalue weighted by Crippen LogP contribution is -2.44. The Morgan fingerprint density at radius 1 is 1.24 bits per heavy atom. The van der Waals surface area contributed by atoms with Gasteiger partial charge in [-0.25, -0.2) is 15.0 Å². The maximum Gasteiger partial charge on any atom is 0.251 e. The third-order valence-electron chi connectivity index (χ3n) is 6.59. The number of aromatic nitrogens is 5. The molecule has 5 heterocycles. The number of piperidine rings is 1. The van der Waals surface area contributed by atoms with Crippen LogP contribution in [0.4, 0.5) is 16.8 Å². The summed E-state index contributed by atoms with van der Waals surface area (Å²) in [7, 11) is 2.13. The van der Waals surface area contributed by atoms with E-state index in [0.29, 0.717) is 51.4 Å². The SMILES string of the molecule is C=C(Cn1cccn1)C(=O)N1CCC(Sc2nc(Nc3ncc(C#N)s3)cc(N3CCN(C)CC3)n2)CC1. The molecule has 0 saturated carbocycles. The second kappa shape index (κ2) is 11.9. The average Bonchev–Trinajstić information content (AvgIpc) is 3.61. The van der Waals surface area contributed by atoms with Gasteiger partial charge >= 0.3 is 0 Å². The molecule has 38 heavy (non-hydrogen) atoms. The number of hydrogen-bond acceptors (Lipinski definition) is 11. The van der Waals surface area contributed by atoms with Gasteiger partial charge in [-0.3, -0.25) is 9.48 Å². The third kappa shape index (κ3) is 6.50. The van der Waals surface area contributed by atoms with E-state index in [9.17, 15) is 4.79 Å². The van der Waals surface area contributed by atoms with E-state index < -0.39 is 0 Å². The molecule has 0 spiro atoms. The molecule has 2 aliphatic heterocycles. The lowest BCUT2D eigenvalue weighted by molar-refractivity contribution is -0.128. The van der Waals surface area contributed by atoms with Crippen molar-refractivity contribution in [2.75, 3.05) is 56.5 Å². The average molecular weight is 551 g/mol. The van der Waals surface area contributed by atoms with Crippen LogP contribution in [0.25, 0.3) is 0 Å². The molecule has 0 unspecified atom stereocenters. The maximum absolute atomic E-state index is 12.9. The predicted octanol–water partition coefficient (Wildman–Crippen LogP) is 2.84. The van der Waals surface area contributed by atoms with Gasteiger partial charge in [0.05, 0.1) is 12.7 Å². The Balaban J connectivity index is 1.24. The molecule has 2 aliphatic rings. The molecule has 3 aromatic rings. The molecule has 0 bridgehead atoms. The van der Waals surface area contributed by atoms with Crippen LogP contribution in [0.15, 0.2) is 48.0 Å².